The van der Waals surface area contributed by atoms with Crippen LogP contribution < -0.4 is 15.8 Å². The molecule has 1 aromatic carbocycles. The van der Waals surface area contributed by atoms with E-state index in [4.69, 9.17) is 10.5 Å². The van der Waals surface area contributed by atoms with Crippen molar-refractivity contribution < 1.29 is 9.53 Å². The normalized spacial score (nSPS) is 21.7. The molecule has 1 aliphatic carbocycles. The Labute approximate surface area is 139 Å². The summed E-state index contributed by atoms with van der Waals surface area (Å²) < 4.78 is 5.76. The van der Waals surface area contributed by atoms with E-state index in [1.165, 1.54) is 5.56 Å². The molecule has 1 aliphatic rings. The van der Waals surface area contributed by atoms with E-state index < -0.39 is 0 Å². The molecule has 2 unspecified atom stereocenters. The van der Waals surface area contributed by atoms with Crippen molar-refractivity contribution in [3.05, 3.63) is 29.8 Å². The van der Waals surface area contributed by atoms with E-state index in [0.29, 0.717) is 13.2 Å². The second kappa shape index (κ2) is 7.82. The van der Waals surface area contributed by atoms with Crippen LogP contribution in [0.4, 0.5) is 0 Å². The summed E-state index contributed by atoms with van der Waals surface area (Å²) in [5, 5.41) is 2.97. The summed E-state index contributed by atoms with van der Waals surface area (Å²) >= 11 is 0. The maximum absolute atomic E-state index is 12.1. The Morgan fingerprint density at radius 1 is 1.35 bits per heavy atom. The van der Waals surface area contributed by atoms with Gasteiger partial charge in [0.05, 0.1) is 6.54 Å². The number of carbonyl (C=O) groups excluding carboxylic acids is 1. The molecule has 2 atom stereocenters. The van der Waals surface area contributed by atoms with Gasteiger partial charge < -0.3 is 15.8 Å². The monoisotopic (exact) mass is 318 g/mol. The largest absolute Gasteiger partial charge is 0.492 e. The molecule has 1 fully saturated rings. The van der Waals surface area contributed by atoms with Crippen LogP contribution in [0.1, 0.15) is 52.0 Å². The fourth-order valence-corrected chi connectivity index (χ4v) is 3.01. The zero-order chi connectivity index (χ0) is 16.9. The lowest BCUT2D eigenvalue weighted by molar-refractivity contribution is -0.126. The Balaban J connectivity index is 1.74. The minimum Gasteiger partial charge on any atom is -0.492 e. The summed E-state index contributed by atoms with van der Waals surface area (Å²) in [5.74, 6) is 1.04. The van der Waals surface area contributed by atoms with Crippen molar-refractivity contribution in [3.63, 3.8) is 0 Å². The van der Waals surface area contributed by atoms with E-state index in [1.54, 1.807) is 0 Å². The molecule has 3 N–H and O–H groups in total. The molecule has 4 heteroatoms. The third kappa shape index (κ3) is 5.54. The molecule has 0 radical (unpaired) electrons. The SMILES string of the molecule is CC(C)(C)c1cccc(OCCNC(=O)C2CCCC(N)C2)c1. The number of hydrogen-bond acceptors (Lipinski definition) is 3. The maximum Gasteiger partial charge on any atom is 0.223 e. The van der Waals surface area contributed by atoms with E-state index in [1.807, 2.05) is 12.1 Å². The lowest BCUT2D eigenvalue weighted by atomic mass is 9.85. The molecule has 1 amide bonds. The smallest absolute Gasteiger partial charge is 0.223 e. The van der Waals surface area contributed by atoms with Gasteiger partial charge >= 0.3 is 0 Å². The van der Waals surface area contributed by atoms with Crippen LogP contribution in [0.3, 0.4) is 0 Å². The van der Waals surface area contributed by atoms with Crippen LogP contribution in [0, 0.1) is 5.92 Å². The van der Waals surface area contributed by atoms with Crippen LogP contribution in [0.15, 0.2) is 24.3 Å². The van der Waals surface area contributed by atoms with E-state index in [0.717, 1.165) is 31.4 Å². The van der Waals surface area contributed by atoms with Gasteiger partial charge in [0.2, 0.25) is 5.91 Å². The van der Waals surface area contributed by atoms with Gasteiger partial charge in [-0.15, -0.1) is 0 Å². The maximum atomic E-state index is 12.1. The quantitative estimate of drug-likeness (QED) is 0.820. The third-order valence-electron chi connectivity index (χ3n) is 4.46. The summed E-state index contributed by atoms with van der Waals surface area (Å²) in [7, 11) is 0. The van der Waals surface area contributed by atoms with Gasteiger partial charge in [0.15, 0.2) is 0 Å². The van der Waals surface area contributed by atoms with Crippen LogP contribution in [-0.2, 0) is 10.2 Å². The van der Waals surface area contributed by atoms with Crippen molar-refractivity contribution >= 4 is 5.91 Å². The van der Waals surface area contributed by atoms with Crippen molar-refractivity contribution in [2.24, 2.45) is 11.7 Å². The molecule has 2 rings (SSSR count). The van der Waals surface area contributed by atoms with Gasteiger partial charge in [-0.1, -0.05) is 39.3 Å². The van der Waals surface area contributed by atoms with Gasteiger partial charge in [0, 0.05) is 12.0 Å². The number of hydrogen-bond donors (Lipinski definition) is 2. The zero-order valence-electron chi connectivity index (χ0n) is 14.6. The average molecular weight is 318 g/mol. The first-order valence-corrected chi connectivity index (χ1v) is 8.63. The number of ether oxygens (including phenoxy) is 1. The van der Waals surface area contributed by atoms with E-state index >= 15 is 0 Å². The van der Waals surface area contributed by atoms with Crippen molar-refractivity contribution in [1.29, 1.82) is 0 Å². The number of nitrogens with two attached hydrogens (primary N) is 1. The molecule has 0 bridgehead atoms. The zero-order valence-corrected chi connectivity index (χ0v) is 14.6. The first kappa shape index (κ1) is 17.8. The summed E-state index contributed by atoms with van der Waals surface area (Å²) in [6.45, 7) is 7.56. The van der Waals surface area contributed by atoms with Gasteiger partial charge in [-0.3, -0.25) is 4.79 Å². The molecular formula is C19H30N2O2. The molecule has 0 heterocycles. The third-order valence-corrected chi connectivity index (χ3v) is 4.46. The topological polar surface area (TPSA) is 64.3 Å². The number of benzene rings is 1. The van der Waals surface area contributed by atoms with Crippen molar-refractivity contribution in [1.82, 2.24) is 5.32 Å². The molecule has 0 spiro atoms. The fourth-order valence-electron chi connectivity index (χ4n) is 3.01. The molecule has 1 aromatic rings. The van der Waals surface area contributed by atoms with Crippen LogP contribution in [0.5, 0.6) is 5.75 Å². The Morgan fingerprint density at radius 2 is 2.13 bits per heavy atom. The average Bonchev–Trinajstić information content (AvgIpc) is 2.51. The summed E-state index contributed by atoms with van der Waals surface area (Å²) in [6.07, 6.45) is 3.85. The van der Waals surface area contributed by atoms with E-state index in [-0.39, 0.29) is 23.3 Å². The van der Waals surface area contributed by atoms with Crippen molar-refractivity contribution in [2.75, 3.05) is 13.2 Å². The Kier molecular flexibility index (Phi) is 6.05. The molecule has 128 valence electrons. The molecular weight excluding hydrogens is 288 g/mol. The lowest BCUT2D eigenvalue weighted by Gasteiger charge is -2.25. The van der Waals surface area contributed by atoms with Gasteiger partial charge in [-0.25, -0.2) is 0 Å². The van der Waals surface area contributed by atoms with E-state index in [2.05, 4.69) is 38.2 Å². The van der Waals surface area contributed by atoms with Gasteiger partial charge in [-0.05, 0) is 42.4 Å². The fraction of sp³-hybridized carbons (Fsp3) is 0.632. The highest BCUT2D eigenvalue weighted by atomic mass is 16.5. The standard InChI is InChI=1S/C19H30N2O2/c1-19(2,3)15-7-5-9-17(13-15)23-11-10-21-18(22)14-6-4-8-16(20)12-14/h5,7,9,13-14,16H,4,6,8,10-12,20H2,1-3H3,(H,21,22). The second-order valence-corrected chi connectivity index (χ2v) is 7.54. The van der Waals surface area contributed by atoms with Crippen LogP contribution in [0.2, 0.25) is 0 Å². The van der Waals surface area contributed by atoms with Crippen molar-refractivity contribution in [2.45, 2.75) is 57.9 Å². The number of amides is 1. The van der Waals surface area contributed by atoms with Crippen LogP contribution in [0.25, 0.3) is 0 Å². The number of nitrogens with one attached hydrogen (secondary N) is 1. The van der Waals surface area contributed by atoms with Crippen LogP contribution >= 0.6 is 0 Å². The second-order valence-electron chi connectivity index (χ2n) is 7.54. The molecule has 0 aliphatic heterocycles. The minimum absolute atomic E-state index is 0.0722. The van der Waals surface area contributed by atoms with Crippen molar-refractivity contribution in [3.8, 4) is 5.75 Å². The highest BCUT2D eigenvalue weighted by molar-refractivity contribution is 5.78. The first-order valence-electron chi connectivity index (χ1n) is 8.63. The lowest BCUT2D eigenvalue weighted by Crippen LogP contribution is -2.39. The summed E-state index contributed by atoms with van der Waals surface area (Å²) in [6, 6.07) is 8.33. The highest BCUT2D eigenvalue weighted by Gasteiger charge is 2.24. The molecule has 0 saturated heterocycles. The number of carbonyl (C=O) groups is 1. The van der Waals surface area contributed by atoms with E-state index in [9.17, 15) is 4.79 Å². The molecule has 0 aromatic heterocycles. The molecule has 1 saturated carbocycles. The molecule has 4 nitrogen and oxygen atoms in total. The summed E-state index contributed by atoms with van der Waals surface area (Å²) in [5.41, 5.74) is 7.29. The predicted molar refractivity (Wildman–Crippen MR) is 93.6 cm³/mol. The Morgan fingerprint density at radius 3 is 2.83 bits per heavy atom. The minimum atomic E-state index is 0.0722. The summed E-state index contributed by atoms with van der Waals surface area (Å²) in [4.78, 5) is 12.1. The predicted octanol–water partition coefficient (Wildman–Crippen LogP) is 3.00. The van der Waals surface area contributed by atoms with Gasteiger partial charge in [-0.2, -0.15) is 0 Å². The van der Waals surface area contributed by atoms with Crippen LogP contribution in [-0.4, -0.2) is 25.1 Å². The highest BCUT2D eigenvalue weighted by Crippen LogP contribution is 2.25. The number of rotatable bonds is 5. The first-order chi connectivity index (χ1) is 10.9. The molecule has 23 heavy (non-hydrogen) atoms. The van der Waals surface area contributed by atoms with Gasteiger partial charge in [0.25, 0.3) is 0 Å². The Hall–Kier alpha value is -1.55. The Bertz CT molecular complexity index is 522. The van der Waals surface area contributed by atoms with Gasteiger partial charge in [0.1, 0.15) is 12.4 Å².